The summed E-state index contributed by atoms with van der Waals surface area (Å²) >= 11 is 0. The molecule has 1 heterocycles. The van der Waals surface area contributed by atoms with Crippen LogP contribution in [0.15, 0.2) is 18.2 Å². The molecule has 90 valence electrons. The van der Waals surface area contributed by atoms with Gasteiger partial charge in [-0.15, -0.1) is 0 Å². The largest absolute Gasteiger partial charge is 0.545 e. The lowest BCUT2D eigenvalue weighted by atomic mass is 10.1. The molecule has 0 spiro atoms. The van der Waals surface area contributed by atoms with E-state index in [-0.39, 0.29) is 11.3 Å². The monoisotopic (exact) mass is 235 g/mol. The van der Waals surface area contributed by atoms with Gasteiger partial charge in [-0.1, -0.05) is 0 Å². The Kier molecular flexibility index (Phi) is 2.95. The van der Waals surface area contributed by atoms with Gasteiger partial charge in [-0.05, 0) is 18.9 Å². The van der Waals surface area contributed by atoms with E-state index in [4.69, 9.17) is 0 Å². The highest BCUT2D eigenvalue weighted by atomic mass is 16.6. The molecule has 1 aromatic rings. The maximum atomic E-state index is 11.0. The summed E-state index contributed by atoms with van der Waals surface area (Å²) in [5, 5.41) is 21.6. The summed E-state index contributed by atoms with van der Waals surface area (Å²) in [5.74, 6) is -1.38. The first kappa shape index (κ1) is 11.4. The maximum absolute atomic E-state index is 11.0. The standard InChI is InChI=1S/C11H12N2O4/c14-11(15)9-7-8(13(16)17)3-4-10(9)12-5-1-2-6-12/h3-4,7H,1-2,5-6H2,(H,14,15)/p-1. The van der Waals surface area contributed by atoms with Gasteiger partial charge in [0.05, 0.1) is 10.9 Å². The topological polar surface area (TPSA) is 86.5 Å². The number of hydrogen-bond donors (Lipinski definition) is 0. The van der Waals surface area contributed by atoms with Gasteiger partial charge < -0.3 is 14.8 Å². The molecule has 0 aliphatic carbocycles. The number of nitrogens with zero attached hydrogens (tertiary/aromatic N) is 2. The van der Waals surface area contributed by atoms with E-state index in [0.717, 1.165) is 32.0 Å². The van der Waals surface area contributed by atoms with Gasteiger partial charge in [0.25, 0.3) is 5.69 Å². The molecular formula is C11H11N2O4-. The van der Waals surface area contributed by atoms with Gasteiger partial charge in [0.15, 0.2) is 0 Å². The predicted molar refractivity (Wildman–Crippen MR) is 58.9 cm³/mol. The first-order valence-corrected chi connectivity index (χ1v) is 5.34. The fourth-order valence-corrected chi connectivity index (χ4v) is 2.03. The highest BCUT2D eigenvalue weighted by Gasteiger charge is 2.18. The molecule has 17 heavy (non-hydrogen) atoms. The summed E-state index contributed by atoms with van der Waals surface area (Å²) in [7, 11) is 0. The second-order valence-electron chi connectivity index (χ2n) is 3.94. The molecule has 0 saturated carbocycles. The summed E-state index contributed by atoms with van der Waals surface area (Å²) in [4.78, 5) is 22.9. The van der Waals surface area contributed by atoms with Crippen molar-refractivity contribution in [2.75, 3.05) is 18.0 Å². The molecule has 0 amide bonds. The fourth-order valence-electron chi connectivity index (χ4n) is 2.03. The highest BCUT2D eigenvalue weighted by Crippen LogP contribution is 2.27. The molecule has 6 nitrogen and oxygen atoms in total. The molecule has 1 aromatic carbocycles. The van der Waals surface area contributed by atoms with Crippen molar-refractivity contribution in [3.8, 4) is 0 Å². The van der Waals surface area contributed by atoms with Crippen LogP contribution in [0.2, 0.25) is 0 Å². The van der Waals surface area contributed by atoms with Gasteiger partial charge >= 0.3 is 0 Å². The van der Waals surface area contributed by atoms with Gasteiger partial charge in [0.1, 0.15) is 0 Å². The van der Waals surface area contributed by atoms with E-state index < -0.39 is 10.9 Å². The van der Waals surface area contributed by atoms with Crippen molar-refractivity contribution in [1.82, 2.24) is 0 Å². The number of carboxylic acid groups (broad SMARTS) is 1. The molecule has 0 unspecified atom stereocenters. The van der Waals surface area contributed by atoms with E-state index in [2.05, 4.69) is 0 Å². The van der Waals surface area contributed by atoms with Crippen LogP contribution in [0, 0.1) is 10.1 Å². The third-order valence-electron chi connectivity index (χ3n) is 2.86. The smallest absolute Gasteiger partial charge is 0.270 e. The predicted octanol–water partition coefficient (Wildman–Crippen LogP) is 0.558. The zero-order chi connectivity index (χ0) is 12.4. The van der Waals surface area contributed by atoms with Gasteiger partial charge in [-0.3, -0.25) is 10.1 Å². The number of carbonyl (C=O) groups excluding carboxylic acids is 1. The minimum atomic E-state index is -1.38. The SMILES string of the molecule is O=C([O-])c1cc([N+](=O)[O-])ccc1N1CCCC1. The second-order valence-corrected chi connectivity index (χ2v) is 3.94. The number of carboxylic acids is 1. The minimum Gasteiger partial charge on any atom is -0.545 e. The Hall–Kier alpha value is -2.11. The lowest BCUT2D eigenvalue weighted by Gasteiger charge is -2.21. The van der Waals surface area contributed by atoms with Crippen molar-refractivity contribution >= 4 is 17.3 Å². The van der Waals surface area contributed by atoms with Crippen molar-refractivity contribution in [3.63, 3.8) is 0 Å². The van der Waals surface area contributed by atoms with Gasteiger partial charge in [-0.2, -0.15) is 0 Å². The maximum Gasteiger partial charge on any atom is 0.270 e. The van der Waals surface area contributed by atoms with Crippen LogP contribution >= 0.6 is 0 Å². The Labute approximate surface area is 97.6 Å². The van der Waals surface area contributed by atoms with Crippen LogP contribution in [0.4, 0.5) is 11.4 Å². The number of rotatable bonds is 3. The molecule has 0 atom stereocenters. The van der Waals surface area contributed by atoms with Crippen LogP contribution in [0.3, 0.4) is 0 Å². The number of anilines is 1. The number of nitro groups is 1. The van der Waals surface area contributed by atoms with Crippen molar-refractivity contribution in [1.29, 1.82) is 0 Å². The van der Waals surface area contributed by atoms with Crippen molar-refractivity contribution in [3.05, 3.63) is 33.9 Å². The fraction of sp³-hybridized carbons (Fsp3) is 0.364. The molecule has 6 heteroatoms. The Balaban J connectivity index is 2.44. The summed E-state index contributed by atoms with van der Waals surface area (Å²) < 4.78 is 0. The van der Waals surface area contributed by atoms with Crippen molar-refractivity contribution in [2.24, 2.45) is 0 Å². The van der Waals surface area contributed by atoms with E-state index in [1.165, 1.54) is 12.1 Å². The van der Waals surface area contributed by atoms with Crippen LogP contribution in [0.5, 0.6) is 0 Å². The Morgan fingerprint density at radius 1 is 1.29 bits per heavy atom. The number of hydrogen-bond acceptors (Lipinski definition) is 5. The quantitative estimate of drug-likeness (QED) is 0.564. The zero-order valence-electron chi connectivity index (χ0n) is 9.09. The molecule has 1 fully saturated rings. The minimum absolute atomic E-state index is 0.110. The van der Waals surface area contributed by atoms with E-state index in [1.807, 2.05) is 4.90 Å². The molecule has 0 N–H and O–H groups in total. The van der Waals surface area contributed by atoms with Crippen LogP contribution < -0.4 is 10.0 Å². The van der Waals surface area contributed by atoms with E-state index >= 15 is 0 Å². The van der Waals surface area contributed by atoms with Gasteiger partial charge in [0.2, 0.25) is 0 Å². The Bertz CT molecular complexity index is 467. The Morgan fingerprint density at radius 3 is 2.47 bits per heavy atom. The molecule has 1 aliphatic heterocycles. The summed E-state index contributed by atoms with van der Waals surface area (Å²) in [6.45, 7) is 1.55. The third-order valence-corrected chi connectivity index (χ3v) is 2.86. The molecule has 0 aromatic heterocycles. The van der Waals surface area contributed by atoms with Crippen LogP contribution in [-0.2, 0) is 0 Å². The van der Waals surface area contributed by atoms with Crippen molar-refractivity contribution in [2.45, 2.75) is 12.8 Å². The van der Waals surface area contributed by atoms with Crippen LogP contribution in [0.25, 0.3) is 0 Å². The normalized spacial score (nSPS) is 14.9. The summed E-state index contributed by atoms with van der Waals surface area (Å²) in [6.07, 6.45) is 2.01. The zero-order valence-corrected chi connectivity index (χ0v) is 9.09. The van der Waals surface area contributed by atoms with Crippen molar-refractivity contribution < 1.29 is 14.8 Å². The summed E-state index contributed by atoms with van der Waals surface area (Å²) in [5.41, 5.74) is 0.168. The number of carbonyl (C=O) groups is 1. The van der Waals surface area contributed by atoms with E-state index in [9.17, 15) is 20.0 Å². The molecule has 0 bridgehead atoms. The van der Waals surface area contributed by atoms with Gasteiger partial charge in [0, 0.05) is 36.5 Å². The number of non-ortho nitro benzene ring substituents is 1. The first-order valence-electron chi connectivity index (χ1n) is 5.34. The average molecular weight is 235 g/mol. The van der Waals surface area contributed by atoms with Crippen LogP contribution in [-0.4, -0.2) is 24.0 Å². The average Bonchev–Trinajstić information content (AvgIpc) is 2.81. The molecule has 0 radical (unpaired) electrons. The first-order chi connectivity index (χ1) is 8.09. The lowest BCUT2D eigenvalue weighted by Crippen LogP contribution is -2.27. The molecule has 1 aliphatic rings. The summed E-state index contributed by atoms with van der Waals surface area (Å²) in [6, 6.07) is 3.86. The highest BCUT2D eigenvalue weighted by molar-refractivity contribution is 5.94. The van der Waals surface area contributed by atoms with Crippen LogP contribution in [0.1, 0.15) is 23.2 Å². The van der Waals surface area contributed by atoms with E-state index in [1.54, 1.807) is 0 Å². The second kappa shape index (κ2) is 4.40. The number of nitro benzene ring substituents is 1. The number of benzene rings is 1. The molecule has 2 rings (SSSR count). The van der Waals surface area contributed by atoms with Gasteiger partial charge in [-0.25, -0.2) is 0 Å². The number of aromatic carboxylic acids is 1. The lowest BCUT2D eigenvalue weighted by molar-refractivity contribution is -0.385. The van der Waals surface area contributed by atoms with E-state index in [0.29, 0.717) is 5.69 Å². The molecular weight excluding hydrogens is 224 g/mol. The Morgan fingerprint density at radius 2 is 1.94 bits per heavy atom. The third kappa shape index (κ3) is 2.20. The molecule has 1 saturated heterocycles.